The Labute approximate surface area is 169 Å². The van der Waals surface area contributed by atoms with Gasteiger partial charge in [-0.25, -0.2) is 4.79 Å². The molecule has 2 aromatic rings. The summed E-state index contributed by atoms with van der Waals surface area (Å²) in [5, 5.41) is 10.8. The fraction of sp³-hybridized carbons (Fsp3) is 0.304. The molecule has 1 saturated carbocycles. The Bertz CT molecular complexity index is 911. The standard InChI is InChI=1S/C23H23NO5/c25-22(20-12-10-19(11-13-20)18-6-2-1-3-7-18)16-29-23(26)14-9-17-5-4-8-21(15-17)24(27)28/h4-5,8-15,18H,1-3,6-7,16H2. The van der Waals surface area contributed by atoms with Crippen LogP contribution in [-0.4, -0.2) is 23.3 Å². The summed E-state index contributed by atoms with van der Waals surface area (Å²) in [6, 6.07) is 13.5. The molecule has 150 valence electrons. The SMILES string of the molecule is O=C(C=Cc1cccc([N+](=O)[O-])c1)OCC(=O)c1ccc(C2CCCCC2)cc1. The first-order chi connectivity index (χ1) is 14.0. The van der Waals surface area contributed by atoms with E-state index < -0.39 is 10.9 Å². The Morgan fingerprint density at radius 1 is 1.07 bits per heavy atom. The van der Waals surface area contributed by atoms with E-state index in [1.165, 1.54) is 61.9 Å². The largest absolute Gasteiger partial charge is 0.454 e. The molecule has 29 heavy (non-hydrogen) atoms. The van der Waals surface area contributed by atoms with Gasteiger partial charge in [0.05, 0.1) is 4.92 Å². The van der Waals surface area contributed by atoms with Crippen LogP contribution in [0.25, 0.3) is 6.08 Å². The van der Waals surface area contributed by atoms with E-state index in [2.05, 4.69) is 0 Å². The molecule has 0 heterocycles. The summed E-state index contributed by atoms with van der Waals surface area (Å²) < 4.78 is 5.00. The second-order valence-corrected chi connectivity index (χ2v) is 7.17. The van der Waals surface area contributed by atoms with Gasteiger partial charge in [-0.15, -0.1) is 0 Å². The molecule has 0 spiro atoms. The maximum absolute atomic E-state index is 12.3. The molecule has 0 aromatic heterocycles. The fourth-order valence-corrected chi connectivity index (χ4v) is 3.55. The molecule has 6 heteroatoms. The van der Waals surface area contributed by atoms with Crippen molar-refractivity contribution >= 4 is 23.5 Å². The summed E-state index contributed by atoms with van der Waals surface area (Å²) >= 11 is 0. The van der Waals surface area contributed by atoms with Crippen molar-refractivity contribution in [3.8, 4) is 0 Å². The van der Waals surface area contributed by atoms with Gasteiger partial charge in [0.2, 0.25) is 0 Å². The topological polar surface area (TPSA) is 86.5 Å². The van der Waals surface area contributed by atoms with E-state index in [4.69, 9.17) is 4.74 Å². The summed E-state index contributed by atoms with van der Waals surface area (Å²) in [6.45, 7) is -0.346. The molecular formula is C23H23NO5. The minimum Gasteiger partial charge on any atom is -0.454 e. The lowest BCUT2D eigenvalue weighted by molar-refractivity contribution is -0.384. The van der Waals surface area contributed by atoms with Gasteiger partial charge in [-0.05, 0) is 36.0 Å². The van der Waals surface area contributed by atoms with Gasteiger partial charge < -0.3 is 4.74 Å². The van der Waals surface area contributed by atoms with Gasteiger partial charge in [0.1, 0.15) is 0 Å². The molecule has 1 aliphatic rings. The number of ether oxygens (including phenoxy) is 1. The van der Waals surface area contributed by atoms with Crippen molar-refractivity contribution in [1.29, 1.82) is 0 Å². The highest BCUT2D eigenvalue weighted by atomic mass is 16.6. The van der Waals surface area contributed by atoms with Crippen LogP contribution < -0.4 is 0 Å². The highest BCUT2D eigenvalue weighted by Crippen LogP contribution is 2.32. The zero-order valence-electron chi connectivity index (χ0n) is 16.1. The Balaban J connectivity index is 1.51. The number of ketones is 1. The third-order valence-electron chi connectivity index (χ3n) is 5.15. The van der Waals surface area contributed by atoms with Crippen LogP contribution in [0.15, 0.2) is 54.6 Å². The smallest absolute Gasteiger partial charge is 0.331 e. The van der Waals surface area contributed by atoms with Crippen molar-refractivity contribution in [2.45, 2.75) is 38.0 Å². The molecule has 2 aromatic carbocycles. The molecule has 0 bridgehead atoms. The number of carbonyl (C=O) groups excluding carboxylic acids is 2. The number of nitrogens with zero attached hydrogens (tertiary/aromatic N) is 1. The zero-order valence-corrected chi connectivity index (χ0v) is 16.1. The van der Waals surface area contributed by atoms with Gasteiger partial charge in [-0.2, -0.15) is 0 Å². The van der Waals surface area contributed by atoms with E-state index in [-0.39, 0.29) is 18.1 Å². The number of hydrogen-bond donors (Lipinski definition) is 0. The maximum Gasteiger partial charge on any atom is 0.331 e. The lowest BCUT2D eigenvalue weighted by Crippen LogP contribution is -2.13. The molecule has 6 nitrogen and oxygen atoms in total. The van der Waals surface area contributed by atoms with Gasteiger partial charge in [0.25, 0.3) is 5.69 Å². The van der Waals surface area contributed by atoms with Crippen LogP contribution >= 0.6 is 0 Å². The Morgan fingerprint density at radius 3 is 2.48 bits per heavy atom. The van der Waals surface area contributed by atoms with Gasteiger partial charge >= 0.3 is 5.97 Å². The Hall–Kier alpha value is -3.28. The molecule has 3 rings (SSSR count). The van der Waals surface area contributed by atoms with Crippen molar-refractivity contribution in [2.75, 3.05) is 6.61 Å². The molecule has 0 aliphatic heterocycles. The normalized spacial score (nSPS) is 14.6. The van der Waals surface area contributed by atoms with Crippen LogP contribution in [0.1, 0.15) is 59.5 Å². The first-order valence-corrected chi connectivity index (χ1v) is 9.75. The highest BCUT2D eigenvalue weighted by Gasteiger charge is 2.16. The summed E-state index contributed by atoms with van der Waals surface area (Å²) in [4.78, 5) is 34.4. The monoisotopic (exact) mass is 393 g/mol. The van der Waals surface area contributed by atoms with Gasteiger partial charge in [0.15, 0.2) is 12.4 Å². The van der Waals surface area contributed by atoms with Crippen LogP contribution in [0.4, 0.5) is 5.69 Å². The first-order valence-electron chi connectivity index (χ1n) is 9.75. The Kier molecular flexibility index (Phi) is 6.89. The van der Waals surface area contributed by atoms with Gasteiger partial charge in [-0.3, -0.25) is 14.9 Å². The first kappa shape index (κ1) is 20.5. The fourth-order valence-electron chi connectivity index (χ4n) is 3.55. The van der Waals surface area contributed by atoms with E-state index in [9.17, 15) is 19.7 Å². The average molecular weight is 393 g/mol. The average Bonchev–Trinajstić information content (AvgIpc) is 2.77. The summed E-state index contributed by atoms with van der Waals surface area (Å²) in [5.41, 5.74) is 2.21. The number of esters is 1. The van der Waals surface area contributed by atoms with E-state index in [1.54, 1.807) is 18.2 Å². The highest BCUT2D eigenvalue weighted by molar-refractivity contribution is 5.98. The molecule has 0 unspecified atom stereocenters. The third kappa shape index (κ3) is 5.85. The number of benzene rings is 2. The van der Waals surface area contributed by atoms with Gasteiger partial charge in [0, 0.05) is 23.8 Å². The van der Waals surface area contributed by atoms with Crippen molar-refractivity contribution in [3.63, 3.8) is 0 Å². The number of Topliss-reactive ketones (excluding diaryl/α,β-unsaturated/α-hetero) is 1. The van der Waals surface area contributed by atoms with E-state index in [0.717, 1.165) is 6.08 Å². The maximum atomic E-state index is 12.3. The number of carbonyl (C=O) groups is 2. The molecule has 0 N–H and O–H groups in total. The molecule has 0 amide bonds. The number of hydrogen-bond acceptors (Lipinski definition) is 5. The minimum absolute atomic E-state index is 0.0626. The predicted molar refractivity (Wildman–Crippen MR) is 110 cm³/mol. The zero-order chi connectivity index (χ0) is 20.6. The second-order valence-electron chi connectivity index (χ2n) is 7.17. The summed E-state index contributed by atoms with van der Waals surface area (Å²) in [7, 11) is 0. The van der Waals surface area contributed by atoms with Crippen molar-refractivity contribution < 1.29 is 19.2 Å². The molecule has 1 fully saturated rings. The van der Waals surface area contributed by atoms with Crippen molar-refractivity contribution in [3.05, 3.63) is 81.4 Å². The molecule has 0 saturated heterocycles. The summed E-state index contributed by atoms with van der Waals surface area (Å²) in [5.74, 6) is -0.370. The quantitative estimate of drug-likeness (QED) is 0.215. The van der Waals surface area contributed by atoms with Crippen LogP contribution in [0.3, 0.4) is 0 Å². The predicted octanol–water partition coefficient (Wildman–Crippen LogP) is 5.08. The second kappa shape index (κ2) is 9.78. The number of non-ortho nitro benzene ring substituents is 1. The van der Waals surface area contributed by atoms with E-state index >= 15 is 0 Å². The van der Waals surface area contributed by atoms with Crippen LogP contribution in [0, 0.1) is 10.1 Å². The van der Waals surface area contributed by atoms with Gasteiger partial charge in [-0.1, -0.05) is 55.7 Å². The lowest BCUT2D eigenvalue weighted by atomic mass is 9.84. The number of nitro benzene ring substituents is 1. The summed E-state index contributed by atoms with van der Waals surface area (Å²) in [6.07, 6.45) is 8.77. The molecule has 0 radical (unpaired) electrons. The van der Waals surface area contributed by atoms with Crippen LogP contribution in [0.5, 0.6) is 0 Å². The minimum atomic E-state index is -0.677. The van der Waals surface area contributed by atoms with Crippen LogP contribution in [-0.2, 0) is 9.53 Å². The molecular weight excluding hydrogens is 370 g/mol. The molecule has 0 atom stereocenters. The number of nitro groups is 1. The lowest BCUT2D eigenvalue weighted by Gasteiger charge is -2.22. The number of rotatable bonds is 7. The van der Waals surface area contributed by atoms with Crippen molar-refractivity contribution in [2.24, 2.45) is 0 Å². The van der Waals surface area contributed by atoms with Crippen molar-refractivity contribution in [1.82, 2.24) is 0 Å². The van der Waals surface area contributed by atoms with Crippen LogP contribution in [0.2, 0.25) is 0 Å². The van der Waals surface area contributed by atoms with E-state index in [1.807, 2.05) is 12.1 Å². The third-order valence-corrected chi connectivity index (χ3v) is 5.15. The molecule has 1 aliphatic carbocycles. The van der Waals surface area contributed by atoms with E-state index in [0.29, 0.717) is 17.0 Å². The Morgan fingerprint density at radius 2 is 1.79 bits per heavy atom.